The van der Waals surface area contributed by atoms with Gasteiger partial charge in [-0.25, -0.2) is 0 Å². The molecule has 1 aliphatic rings. The van der Waals surface area contributed by atoms with Gasteiger partial charge in [0.15, 0.2) is 0 Å². The number of likely N-dealkylation sites (tertiary alicyclic amines) is 1. The maximum absolute atomic E-state index is 12.2. The van der Waals surface area contributed by atoms with Gasteiger partial charge in [-0.1, -0.05) is 83.8 Å². The van der Waals surface area contributed by atoms with Crippen molar-refractivity contribution in [3.05, 3.63) is 12.2 Å². The molecule has 2 amide bonds. The topological polar surface area (TPSA) is 77.5 Å². The van der Waals surface area contributed by atoms with Crippen molar-refractivity contribution in [3.63, 3.8) is 0 Å². The van der Waals surface area contributed by atoms with Crippen LogP contribution in [0.3, 0.4) is 0 Å². The maximum atomic E-state index is 12.2. The van der Waals surface area contributed by atoms with Crippen molar-refractivity contribution >= 4 is 17.8 Å². The van der Waals surface area contributed by atoms with Crippen molar-refractivity contribution in [1.29, 1.82) is 0 Å². The molecule has 0 aromatic rings. The van der Waals surface area contributed by atoms with Gasteiger partial charge in [0, 0.05) is 12.8 Å². The molecule has 1 rings (SSSR count). The van der Waals surface area contributed by atoms with Crippen LogP contribution in [-0.4, -0.2) is 28.2 Å². The Hall–Kier alpha value is -0.0136. The van der Waals surface area contributed by atoms with Crippen LogP contribution in [0, 0.1) is 0 Å². The van der Waals surface area contributed by atoms with Crippen LogP contribution in [0.1, 0.15) is 104 Å². The average Bonchev–Trinajstić information content (AvgIpc) is 2.98. The number of imide groups is 1. The fourth-order valence-corrected chi connectivity index (χ4v) is 3.67. The summed E-state index contributed by atoms with van der Waals surface area (Å²) >= 11 is 0. The van der Waals surface area contributed by atoms with E-state index in [4.69, 9.17) is 0 Å². The molecule has 1 saturated heterocycles. The van der Waals surface area contributed by atoms with E-state index in [1.54, 1.807) is 6.08 Å². The molecule has 0 aromatic heterocycles. The smallest absolute Gasteiger partial charge is 0.547 e. The Balaban J connectivity index is 0.00000729. The largest absolute Gasteiger partial charge is 1.00 e. The van der Waals surface area contributed by atoms with Crippen LogP contribution < -0.4 is 56.5 Å². The third-order valence-corrected chi connectivity index (χ3v) is 5.33. The summed E-state index contributed by atoms with van der Waals surface area (Å²) in [5.74, 6) is -2.17. The van der Waals surface area contributed by atoms with Crippen molar-refractivity contribution in [2.24, 2.45) is 0 Å². The zero-order valence-electron chi connectivity index (χ0n) is 18.1. The normalized spacial score (nSPS) is 16.4. The van der Waals surface area contributed by atoms with Crippen molar-refractivity contribution in [1.82, 2.24) is 4.90 Å². The minimum absolute atomic E-state index is 0. The quantitative estimate of drug-likeness (QED) is 0.172. The number of allylic oxidation sites excluding steroid dienone is 1. The van der Waals surface area contributed by atoms with Gasteiger partial charge >= 0.3 is 51.4 Å². The molecule has 1 unspecified atom stereocenters. The van der Waals surface area contributed by atoms with Gasteiger partial charge < -0.3 is 9.90 Å². The van der Waals surface area contributed by atoms with E-state index in [0.29, 0.717) is 6.42 Å². The number of carbonyl (C=O) groups excluding carboxylic acids is 3. The number of carboxylic acids is 1. The second kappa shape index (κ2) is 15.8. The number of carbonyl (C=O) groups is 3. The van der Waals surface area contributed by atoms with E-state index in [2.05, 4.69) is 6.92 Å². The first-order valence-electron chi connectivity index (χ1n) is 10.7. The number of unbranched alkanes of at least 4 members (excludes halogenated alkanes) is 9. The Morgan fingerprint density at radius 2 is 1.43 bits per heavy atom. The number of nitrogens with zero attached hydrogens (tertiary/aromatic N) is 1. The Kier molecular flexibility index (Phi) is 15.8. The Morgan fingerprint density at radius 1 is 0.929 bits per heavy atom. The second-order valence-corrected chi connectivity index (χ2v) is 7.60. The first-order valence-corrected chi connectivity index (χ1v) is 10.7. The molecule has 1 aliphatic heterocycles. The average molecular weight is 418 g/mol. The van der Waals surface area contributed by atoms with Crippen molar-refractivity contribution < 1.29 is 70.9 Å². The van der Waals surface area contributed by atoms with Crippen LogP contribution in [0.25, 0.3) is 0 Å². The zero-order chi connectivity index (χ0) is 20.1. The number of hydrogen-bond donors (Lipinski definition) is 0. The molecule has 28 heavy (non-hydrogen) atoms. The molecule has 1 fully saturated rings. The van der Waals surface area contributed by atoms with Gasteiger partial charge in [0.05, 0.1) is 5.97 Å². The predicted molar refractivity (Wildman–Crippen MR) is 105 cm³/mol. The third kappa shape index (κ3) is 8.78. The number of amides is 2. The maximum Gasteiger partial charge on any atom is 1.00 e. The molecule has 0 aliphatic carbocycles. The fraction of sp³-hybridized carbons (Fsp3) is 0.773. The van der Waals surface area contributed by atoms with E-state index >= 15 is 0 Å². The van der Waals surface area contributed by atoms with E-state index in [9.17, 15) is 19.5 Å². The molecule has 0 saturated carbocycles. The van der Waals surface area contributed by atoms with E-state index in [1.807, 2.05) is 13.0 Å². The van der Waals surface area contributed by atoms with Gasteiger partial charge in [-0.2, -0.15) is 0 Å². The summed E-state index contributed by atoms with van der Waals surface area (Å²) in [7, 11) is 0. The van der Waals surface area contributed by atoms with Crippen LogP contribution in [0.4, 0.5) is 0 Å². The van der Waals surface area contributed by atoms with Gasteiger partial charge in [0.2, 0.25) is 11.8 Å². The molecule has 0 spiro atoms. The summed E-state index contributed by atoms with van der Waals surface area (Å²) < 4.78 is 0. The molecule has 0 radical (unpaired) electrons. The monoisotopic (exact) mass is 417 g/mol. The van der Waals surface area contributed by atoms with Crippen LogP contribution in [0.5, 0.6) is 0 Å². The van der Waals surface area contributed by atoms with Crippen molar-refractivity contribution in [3.8, 4) is 0 Å². The number of rotatable bonds is 15. The molecule has 1 atom stereocenters. The molecular weight excluding hydrogens is 381 g/mol. The van der Waals surface area contributed by atoms with Crippen LogP contribution in [0.15, 0.2) is 12.2 Å². The van der Waals surface area contributed by atoms with Crippen molar-refractivity contribution in [2.75, 3.05) is 0 Å². The Bertz CT molecular complexity index is 505. The minimum Gasteiger partial charge on any atom is -0.547 e. The first kappa shape index (κ1) is 28.0. The fourth-order valence-electron chi connectivity index (χ4n) is 3.67. The number of hydrogen-bond acceptors (Lipinski definition) is 4. The summed E-state index contributed by atoms with van der Waals surface area (Å²) in [6, 6.07) is 0. The van der Waals surface area contributed by atoms with E-state index in [1.165, 1.54) is 38.5 Å². The van der Waals surface area contributed by atoms with E-state index in [-0.39, 0.29) is 70.6 Å². The molecule has 0 aromatic carbocycles. The second-order valence-electron chi connectivity index (χ2n) is 7.60. The number of aliphatic carboxylic acids is 1. The SMILES string of the molecule is CCCCCCCCCC/C=C/C(CCCC)(C(=O)[O-])N1C(=O)CCC1=O.[K+]. The summed E-state index contributed by atoms with van der Waals surface area (Å²) in [6.45, 7) is 4.17. The molecule has 154 valence electrons. The summed E-state index contributed by atoms with van der Waals surface area (Å²) in [4.78, 5) is 37.3. The Labute approximate surface area is 213 Å². The summed E-state index contributed by atoms with van der Waals surface area (Å²) in [6.07, 6.45) is 15.6. The first-order chi connectivity index (χ1) is 13.0. The zero-order valence-corrected chi connectivity index (χ0v) is 21.3. The van der Waals surface area contributed by atoms with Crippen LogP contribution in [0.2, 0.25) is 0 Å². The third-order valence-electron chi connectivity index (χ3n) is 5.33. The van der Waals surface area contributed by atoms with Gasteiger partial charge in [-0.05, 0) is 19.3 Å². The molecule has 6 heteroatoms. The Morgan fingerprint density at radius 3 is 1.93 bits per heavy atom. The summed E-state index contributed by atoms with van der Waals surface area (Å²) in [5, 5.41) is 12.0. The van der Waals surface area contributed by atoms with Gasteiger partial charge in [-0.15, -0.1) is 0 Å². The standard InChI is InChI=1S/C22H37NO4.K/c1-3-5-7-8-9-10-11-12-13-14-18-22(21(26)27,17-6-4-2)23-19(24)15-16-20(23)25;/h14,18H,3-13,15-17H2,1-2H3,(H,26,27);/q;+1/p-1/b18-14+;. The summed E-state index contributed by atoms with van der Waals surface area (Å²) in [5.41, 5.74) is -1.62. The van der Waals surface area contributed by atoms with Crippen LogP contribution in [-0.2, 0) is 14.4 Å². The molecule has 0 bridgehead atoms. The van der Waals surface area contributed by atoms with Gasteiger partial charge in [-0.3, -0.25) is 14.5 Å². The molecule has 5 nitrogen and oxygen atoms in total. The van der Waals surface area contributed by atoms with Gasteiger partial charge in [0.25, 0.3) is 0 Å². The van der Waals surface area contributed by atoms with Crippen LogP contribution >= 0.6 is 0 Å². The minimum atomic E-state index is -1.62. The number of carboxylic acid groups (broad SMARTS) is 1. The van der Waals surface area contributed by atoms with E-state index < -0.39 is 23.3 Å². The molecule has 0 N–H and O–H groups in total. The van der Waals surface area contributed by atoms with Gasteiger partial charge in [0.1, 0.15) is 5.54 Å². The predicted octanol–water partition coefficient (Wildman–Crippen LogP) is 0.905. The molecular formula is C22H36KNO4. The van der Waals surface area contributed by atoms with Crippen molar-refractivity contribution in [2.45, 2.75) is 109 Å². The molecule has 1 heterocycles. The van der Waals surface area contributed by atoms with E-state index in [0.717, 1.165) is 30.6 Å².